The molecule has 1 aliphatic carbocycles. The van der Waals surface area contributed by atoms with Gasteiger partial charge in [0.1, 0.15) is 0 Å². The minimum atomic E-state index is -3.44. The Hall–Kier alpha value is -0.430. The van der Waals surface area contributed by atoms with Gasteiger partial charge in [0.15, 0.2) is 0 Å². The van der Waals surface area contributed by atoms with Crippen molar-refractivity contribution in [3.05, 3.63) is 27.7 Å². The number of halogens is 1. The number of hydrogen-bond acceptors (Lipinski definition) is 3. The standard InChI is InChI=1S/C14H21BrN2O2S/c1-4-16-8-11-6-12(15)10(3)14(7-11)20(18,19)17-13-5-9(13)2/h6-7,9,13,16-17H,4-5,8H2,1-3H3. The predicted molar refractivity (Wildman–Crippen MR) is 84.2 cm³/mol. The molecule has 1 aliphatic rings. The molecule has 0 bridgehead atoms. The maximum atomic E-state index is 12.5. The third-order valence-electron chi connectivity index (χ3n) is 3.64. The highest BCUT2D eigenvalue weighted by molar-refractivity contribution is 9.10. The summed E-state index contributed by atoms with van der Waals surface area (Å²) in [6, 6.07) is 3.82. The van der Waals surface area contributed by atoms with Crippen LogP contribution < -0.4 is 10.0 Å². The first-order chi connectivity index (χ1) is 9.35. The molecule has 0 heterocycles. The highest BCUT2D eigenvalue weighted by Gasteiger charge is 2.37. The van der Waals surface area contributed by atoms with Crippen LogP contribution in [0.15, 0.2) is 21.5 Å². The Labute approximate surface area is 129 Å². The van der Waals surface area contributed by atoms with Crippen LogP contribution in [0.5, 0.6) is 0 Å². The van der Waals surface area contributed by atoms with Gasteiger partial charge in [-0.3, -0.25) is 0 Å². The molecule has 2 atom stereocenters. The van der Waals surface area contributed by atoms with Crippen molar-refractivity contribution in [2.45, 2.75) is 44.7 Å². The molecule has 0 aromatic heterocycles. The van der Waals surface area contributed by atoms with Gasteiger partial charge in [0.25, 0.3) is 0 Å². The highest BCUT2D eigenvalue weighted by Crippen LogP contribution is 2.32. The second kappa shape index (κ2) is 6.13. The average molecular weight is 361 g/mol. The summed E-state index contributed by atoms with van der Waals surface area (Å²) in [4.78, 5) is 0.374. The van der Waals surface area contributed by atoms with Crippen LogP contribution in [-0.2, 0) is 16.6 Å². The largest absolute Gasteiger partial charge is 0.313 e. The van der Waals surface area contributed by atoms with Crippen LogP contribution in [0.3, 0.4) is 0 Å². The fourth-order valence-electron chi connectivity index (χ4n) is 2.11. The monoisotopic (exact) mass is 360 g/mol. The lowest BCUT2D eigenvalue weighted by atomic mass is 10.1. The molecule has 20 heavy (non-hydrogen) atoms. The third kappa shape index (κ3) is 3.61. The van der Waals surface area contributed by atoms with Crippen LogP contribution in [0, 0.1) is 12.8 Å². The maximum Gasteiger partial charge on any atom is 0.241 e. The summed E-state index contributed by atoms with van der Waals surface area (Å²) in [5, 5.41) is 3.21. The van der Waals surface area contributed by atoms with Gasteiger partial charge in [-0.05, 0) is 49.1 Å². The Morgan fingerprint density at radius 1 is 1.40 bits per heavy atom. The van der Waals surface area contributed by atoms with Crippen molar-refractivity contribution < 1.29 is 8.42 Å². The summed E-state index contributed by atoms with van der Waals surface area (Å²) >= 11 is 3.46. The van der Waals surface area contributed by atoms with Crippen LogP contribution in [0.1, 0.15) is 31.4 Å². The molecular formula is C14H21BrN2O2S. The van der Waals surface area contributed by atoms with Crippen molar-refractivity contribution in [1.29, 1.82) is 0 Å². The van der Waals surface area contributed by atoms with Crippen LogP contribution in [0.4, 0.5) is 0 Å². The molecular weight excluding hydrogens is 340 g/mol. The summed E-state index contributed by atoms with van der Waals surface area (Å²) < 4.78 is 28.6. The van der Waals surface area contributed by atoms with Crippen LogP contribution in [0.2, 0.25) is 0 Å². The molecule has 0 amide bonds. The van der Waals surface area contributed by atoms with Gasteiger partial charge in [-0.25, -0.2) is 13.1 Å². The van der Waals surface area contributed by atoms with Crippen LogP contribution in [-0.4, -0.2) is 21.0 Å². The van der Waals surface area contributed by atoms with Crippen molar-refractivity contribution in [3.8, 4) is 0 Å². The minimum absolute atomic E-state index is 0.0931. The quantitative estimate of drug-likeness (QED) is 0.819. The molecule has 2 rings (SSSR count). The lowest BCUT2D eigenvalue weighted by Gasteiger charge is -2.13. The number of rotatable bonds is 6. The van der Waals surface area contributed by atoms with E-state index in [1.807, 2.05) is 19.9 Å². The zero-order chi connectivity index (χ0) is 14.9. The molecule has 0 spiro atoms. The Bertz CT molecular complexity index is 601. The van der Waals surface area contributed by atoms with Crippen molar-refractivity contribution in [2.75, 3.05) is 6.54 Å². The first kappa shape index (κ1) is 15.9. The van der Waals surface area contributed by atoms with Crippen LogP contribution >= 0.6 is 15.9 Å². The molecule has 1 aromatic carbocycles. The van der Waals surface area contributed by atoms with Gasteiger partial charge >= 0.3 is 0 Å². The van der Waals surface area contributed by atoms with Crippen molar-refractivity contribution in [3.63, 3.8) is 0 Å². The van der Waals surface area contributed by atoms with Crippen molar-refractivity contribution >= 4 is 26.0 Å². The number of hydrogen-bond donors (Lipinski definition) is 2. The molecule has 1 fully saturated rings. The van der Waals surface area contributed by atoms with Gasteiger partial charge in [-0.15, -0.1) is 0 Å². The lowest BCUT2D eigenvalue weighted by Crippen LogP contribution is -2.27. The second-order valence-electron chi connectivity index (χ2n) is 5.42. The van der Waals surface area contributed by atoms with Gasteiger partial charge in [-0.1, -0.05) is 29.8 Å². The van der Waals surface area contributed by atoms with E-state index in [4.69, 9.17) is 0 Å². The molecule has 0 radical (unpaired) electrons. The van der Waals surface area contributed by atoms with Gasteiger partial charge in [0, 0.05) is 17.1 Å². The van der Waals surface area contributed by atoms with E-state index in [9.17, 15) is 8.42 Å². The molecule has 1 aromatic rings. The van der Waals surface area contributed by atoms with Crippen molar-refractivity contribution in [1.82, 2.24) is 10.0 Å². The Morgan fingerprint density at radius 3 is 2.60 bits per heavy atom. The van der Waals surface area contributed by atoms with E-state index >= 15 is 0 Å². The molecule has 6 heteroatoms. The van der Waals surface area contributed by atoms with E-state index in [1.54, 1.807) is 6.07 Å². The molecule has 0 saturated heterocycles. The van der Waals surface area contributed by atoms with E-state index in [2.05, 4.69) is 32.9 Å². The summed E-state index contributed by atoms with van der Waals surface area (Å²) in [6.07, 6.45) is 0.927. The predicted octanol–water partition coefficient (Wildman–Crippen LogP) is 2.55. The van der Waals surface area contributed by atoms with Gasteiger partial charge < -0.3 is 5.32 Å². The maximum absolute atomic E-state index is 12.5. The van der Waals surface area contributed by atoms with E-state index in [0.717, 1.165) is 28.6 Å². The van der Waals surface area contributed by atoms with Gasteiger partial charge in [0.05, 0.1) is 4.90 Å². The summed E-state index contributed by atoms with van der Waals surface area (Å²) in [6.45, 7) is 7.42. The van der Waals surface area contributed by atoms with E-state index in [-0.39, 0.29) is 6.04 Å². The Balaban J connectivity index is 2.31. The SMILES string of the molecule is CCNCc1cc(Br)c(C)c(S(=O)(=O)NC2CC2C)c1. The molecule has 1 saturated carbocycles. The fraction of sp³-hybridized carbons (Fsp3) is 0.571. The zero-order valence-corrected chi connectivity index (χ0v) is 14.4. The fourth-order valence-corrected chi connectivity index (χ4v) is 4.42. The number of benzene rings is 1. The first-order valence-corrected chi connectivity index (χ1v) is 9.15. The molecule has 2 unspecified atom stereocenters. The highest BCUT2D eigenvalue weighted by atomic mass is 79.9. The summed E-state index contributed by atoms with van der Waals surface area (Å²) in [5.74, 6) is 0.443. The first-order valence-electron chi connectivity index (χ1n) is 6.87. The smallest absolute Gasteiger partial charge is 0.241 e. The number of nitrogens with one attached hydrogen (secondary N) is 2. The molecule has 2 N–H and O–H groups in total. The van der Waals surface area contributed by atoms with E-state index in [0.29, 0.717) is 17.4 Å². The zero-order valence-electron chi connectivity index (χ0n) is 12.0. The molecule has 112 valence electrons. The lowest BCUT2D eigenvalue weighted by molar-refractivity contribution is 0.577. The van der Waals surface area contributed by atoms with Gasteiger partial charge in [0.2, 0.25) is 10.0 Å². The normalized spacial score (nSPS) is 22.0. The average Bonchev–Trinajstić information content (AvgIpc) is 3.04. The third-order valence-corrected chi connectivity index (χ3v) is 6.08. The van der Waals surface area contributed by atoms with E-state index < -0.39 is 10.0 Å². The minimum Gasteiger partial charge on any atom is -0.313 e. The second-order valence-corrected chi connectivity index (χ2v) is 7.96. The topological polar surface area (TPSA) is 58.2 Å². The summed E-state index contributed by atoms with van der Waals surface area (Å²) in [7, 11) is -3.44. The Morgan fingerprint density at radius 2 is 2.05 bits per heavy atom. The van der Waals surface area contributed by atoms with E-state index in [1.165, 1.54) is 0 Å². The van der Waals surface area contributed by atoms with Gasteiger partial charge in [-0.2, -0.15) is 0 Å². The van der Waals surface area contributed by atoms with Crippen LogP contribution in [0.25, 0.3) is 0 Å². The molecule has 0 aliphatic heterocycles. The van der Waals surface area contributed by atoms with Crippen molar-refractivity contribution in [2.24, 2.45) is 5.92 Å². The summed E-state index contributed by atoms with van der Waals surface area (Å²) in [5.41, 5.74) is 1.72. The Kier molecular flexibility index (Phi) is 4.89. The number of sulfonamides is 1. The molecule has 4 nitrogen and oxygen atoms in total.